The van der Waals surface area contributed by atoms with Crippen LogP contribution in [0.1, 0.15) is 103 Å². The van der Waals surface area contributed by atoms with Gasteiger partial charge in [0.05, 0.1) is 58.0 Å². The number of aliphatic hydroxyl groups is 1. The Morgan fingerprint density at radius 3 is 1.28 bits per heavy atom. The number of nitrogens with one attached hydrogen (secondary N) is 1. The van der Waals surface area contributed by atoms with Crippen molar-refractivity contribution in [3.05, 3.63) is 71.8 Å². The zero-order valence-corrected chi connectivity index (χ0v) is 45.2. The van der Waals surface area contributed by atoms with Gasteiger partial charge in [-0.25, -0.2) is 0 Å². The number of nitrogens with zero attached hydrogens (tertiary/aromatic N) is 7. The number of carbonyl (C=O) groups excluding carboxylic acids is 8. The molecule has 0 saturated heterocycles. The number of unbranched alkanes of at least 4 members (excludes halogenated alkanes) is 3. The van der Waals surface area contributed by atoms with Crippen LogP contribution in [-0.4, -0.2) is 205 Å². The molecule has 0 heterocycles. The Labute approximate surface area is 440 Å². The van der Waals surface area contributed by atoms with E-state index in [1.807, 2.05) is 88.4 Å². The van der Waals surface area contributed by atoms with Crippen LogP contribution >= 0.6 is 0 Å². The van der Waals surface area contributed by atoms with E-state index in [-0.39, 0.29) is 83.3 Å². The van der Waals surface area contributed by atoms with Gasteiger partial charge in [-0.1, -0.05) is 88.4 Å². The number of amides is 7. The summed E-state index contributed by atoms with van der Waals surface area (Å²) in [5.41, 5.74) is 18.7. The van der Waals surface area contributed by atoms with E-state index in [0.29, 0.717) is 76.6 Å². The van der Waals surface area contributed by atoms with Crippen LogP contribution in [0.2, 0.25) is 0 Å². The maximum absolute atomic E-state index is 15.0. The monoisotopic (exact) mass is 1040 g/mol. The van der Waals surface area contributed by atoms with E-state index in [1.165, 1.54) is 34.3 Å². The third-order valence-electron chi connectivity index (χ3n) is 12.5. The molecule has 2 aromatic carbocycles. The van der Waals surface area contributed by atoms with E-state index >= 15 is 4.79 Å². The van der Waals surface area contributed by atoms with Crippen molar-refractivity contribution < 1.29 is 43.5 Å². The second-order valence-corrected chi connectivity index (χ2v) is 19.6. The minimum atomic E-state index is -0.693. The molecule has 0 aromatic heterocycles. The van der Waals surface area contributed by atoms with E-state index < -0.39 is 73.7 Å². The average molecular weight is 1040 g/mol. The Bertz CT molecular complexity index is 2000. The first-order valence-electron chi connectivity index (χ1n) is 26.4. The number of hydrogen-bond acceptors (Lipinski definition) is 13. The van der Waals surface area contributed by atoms with Gasteiger partial charge in [-0.2, -0.15) is 0 Å². The summed E-state index contributed by atoms with van der Waals surface area (Å²) in [6.45, 7) is 10.7. The Kier molecular flexibility index (Phi) is 31.5. The fourth-order valence-corrected chi connectivity index (χ4v) is 8.25. The predicted octanol–water partition coefficient (Wildman–Crippen LogP) is 1.62. The van der Waals surface area contributed by atoms with Crippen LogP contribution in [0.3, 0.4) is 0 Å². The van der Waals surface area contributed by atoms with E-state index in [2.05, 4.69) is 5.32 Å². The first-order chi connectivity index (χ1) is 35.4. The number of aliphatic hydroxyl groups excluding tert-OH is 1. The highest BCUT2D eigenvalue weighted by atomic mass is 16.3. The Morgan fingerprint density at radius 2 is 0.865 bits per heavy atom. The fourth-order valence-electron chi connectivity index (χ4n) is 8.25. The van der Waals surface area contributed by atoms with Crippen LogP contribution in [0.4, 0.5) is 0 Å². The second kappa shape index (κ2) is 36.2. The number of rotatable bonds is 38. The third kappa shape index (κ3) is 23.6. The molecule has 7 amide bonds. The largest absolute Gasteiger partial charge is 0.395 e. The van der Waals surface area contributed by atoms with Crippen LogP contribution in [0.25, 0.3) is 0 Å². The molecule has 2 atom stereocenters. The molecule has 2 rings (SSSR count). The molecule has 414 valence electrons. The van der Waals surface area contributed by atoms with Gasteiger partial charge < -0.3 is 66.7 Å². The first-order valence-corrected chi connectivity index (χ1v) is 26.4. The smallest absolute Gasteiger partial charge is 0.243 e. The van der Waals surface area contributed by atoms with Crippen LogP contribution in [0.15, 0.2) is 60.7 Å². The van der Waals surface area contributed by atoms with Crippen LogP contribution in [0, 0.1) is 11.8 Å². The molecule has 0 aliphatic rings. The Morgan fingerprint density at radius 1 is 0.486 bits per heavy atom. The second-order valence-electron chi connectivity index (χ2n) is 19.6. The molecule has 0 fully saturated rings. The van der Waals surface area contributed by atoms with Crippen molar-refractivity contribution in [1.29, 1.82) is 0 Å². The summed E-state index contributed by atoms with van der Waals surface area (Å²) in [6.07, 6.45) is 3.96. The third-order valence-corrected chi connectivity index (χ3v) is 12.5. The van der Waals surface area contributed by atoms with Gasteiger partial charge in [0.25, 0.3) is 0 Å². The minimum absolute atomic E-state index is 0.0330. The zero-order chi connectivity index (χ0) is 55.0. The number of carbonyl (C=O) groups is 8. The summed E-state index contributed by atoms with van der Waals surface area (Å²) < 4.78 is 0. The molecule has 8 N–H and O–H groups in total. The molecular formula is C54H89N11O9. The lowest BCUT2D eigenvalue weighted by atomic mass is 10.1. The van der Waals surface area contributed by atoms with Crippen molar-refractivity contribution in [3.8, 4) is 0 Å². The Hall–Kier alpha value is -5.80. The highest BCUT2D eigenvalue weighted by Crippen LogP contribution is 2.25. The van der Waals surface area contributed by atoms with Gasteiger partial charge in [-0.3, -0.25) is 33.6 Å². The summed E-state index contributed by atoms with van der Waals surface area (Å²) in [5, 5.41) is 12.9. The number of hydrogen-bond donors (Lipinski definition) is 5. The maximum Gasteiger partial charge on any atom is 0.243 e. The van der Waals surface area contributed by atoms with E-state index in [4.69, 9.17) is 17.2 Å². The molecule has 20 nitrogen and oxygen atoms in total. The molecule has 2 unspecified atom stereocenters. The van der Waals surface area contributed by atoms with Crippen molar-refractivity contribution in [2.45, 2.75) is 92.2 Å². The summed E-state index contributed by atoms with van der Waals surface area (Å²) in [7, 11) is 0. The summed E-state index contributed by atoms with van der Waals surface area (Å²) in [6, 6.07) is 16.9. The molecular weight excluding hydrogens is 947 g/mol. The van der Waals surface area contributed by atoms with Crippen LogP contribution < -0.4 is 22.5 Å². The SMILES string of the molecule is CC(C)CNCC(=O)N(CCO)CC(=O)N(CCCCN)CC(=O)N(CC(=O)N(CC(=O)N(CC(=O)N(CCCCN)CC(=O)N(CC=O)CCCCN)C(C)c1ccccc1)C(C)c1ccccc1)CC(C)C. The summed E-state index contributed by atoms with van der Waals surface area (Å²) in [4.78, 5) is 121. The highest BCUT2D eigenvalue weighted by Gasteiger charge is 2.34. The standard InChI is InChI=1S/C54H89N11O9/c1-42(2)33-58-34-48(68)62(30-32-67)37-50(70)60(27-17-14-24-56)38-51(71)63(35-43(3)4)39-53(73)65(45(6)47-21-11-8-12-22-47)41-54(74)64(44(5)46-19-9-7-10-20-46)40-52(72)61(28-18-15-25-57)36-49(69)59(29-31-66)26-16-13-23-55/h7-12,19-22,31,42-45,58,67H,13-18,23-30,32-41,55-57H2,1-6H3. The number of aldehydes is 1. The van der Waals surface area contributed by atoms with Crippen LogP contribution in [-0.2, 0) is 38.4 Å². The van der Waals surface area contributed by atoms with Crippen molar-refractivity contribution >= 4 is 47.6 Å². The van der Waals surface area contributed by atoms with Gasteiger partial charge in [-0.15, -0.1) is 0 Å². The zero-order valence-electron chi connectivity index (χ0n) is 45.2. The van der Waals surface area contributed by atoms with Crippen LogP contribution in [0.5, 0.6) is 0 Å². The molecule has 0 radical (unpaired) electrons. The maximum atomic E-state index is 15.0. The molecule has 20 heteroatoms. The van der Waals surface area contributed by atoms with Gasteiger partial charge in [0, 0.05) is 32.7 Å². The molecule has 0 spiro atoms. The lowest BCUT2D eigenvalue weighted by molar-refractivity contribution is -0.150. The molecule has 0 aliphatic heterocycles. The Balaban J connectivity index is 2.59. The van der Waals surface area contributed by atoms with E-state index in [9.17, 15) is 38.7 Å². The summed E-state index contributed by atoms with van der Waals surface area (Å²) >= 11 is 0. The van der Waals surface area contributed by atoms with Gasteiger partial charge in [0.1, 0.15) is 19.4 Å². The van der Waals surface area contributed by atoms with Crippen molar-refractivity contribution in [3.63, 3.8) is 0 Å². The normalized spacial score (nSPS) is 11.9. The molecule has 0 aliphatic carbocycles. The van der Waals surface area contributed by atoms with E-state index in [1.54, 1.807) is 13.8 Å². The molecule has 2 aromatic rings. The van der Waals surface area contributed by atoms with Crippen molar-refractivity contribution in [2.75, 3.05) is 118 Å². The molecule has 0 saturated carbocycles. The molecule has 74 heavy (non-hydrogen) atoms. The molecule has 0 bridgehead atoms. The van der Waals surface area contributed by atoms with Gasteiger partial charge in [-0.05, 0) is 102 Å². The number of nitrogens with two attached hydrogens (primary N) is 3. The lowest BCUT2D eigenvalue weighted by Crippen LogP contribution is -2.53. The first kappa shape index (κ1) is 64.3. The fraction of sp³-hybridized carbons (Fsp3) is 0.630. The quantitative estimate of drug-likeness (QED) is 0.0474. The highest BCUT2D eigenvalue weighted by molar-refractivity contribution is 5.93. The van der Waals surface area contributed by atoms with E-state index in [0.717, 1.165) is 5.56 Å². The predicted molar refractivity (Wildman–Crippen MR) is 287 cm³/mol. The number of benzene rings is 2. The van der Waals surface area contributed by atoms with Gasteiger partial charge >= 0.3 is 0 Å². The van der Waals surface area contributed by atoms with Gasteiger partial charge in [0.2, 0.25) is 41.4 Å². The lowest BCUT2D eigenvalue weighted by Gasteiger charge is -2.37. The topological polar surface area (TPSA) is 270 Å². The summed E-state index contributed by atoms with van der Waals surface area (Å²) in [5.74, 6) is -3.30. The van der Waals surface area contributed by atoms with Crippen molar-refractivity contribution in [2.24, 2.45) is 29.0 Å². The average Bonchev–Trinajstić information content (AvgIpc) is 3.37. The van der Waals surface area contributed by atoms with Gasteiger partial charge in [0.15, 0.2) is 0 Å². The van der Waals surface area contributed by atoms with Crippen molar-refractivity contribution in [1.82, 2.24) is 39.6 Å². The minimum Gasteiger partial charge on any atom is -0.395 e.